The molecule has 29 heavy (non-hydrogen) atoms. The van der Waals surface area contributed by atoms with Gasteiger partial charge in [-0.05, 0) is 29.7 Å². The number of carbonyl (C=O) groups excluding carboxylic acids is 2. The molecule has 1 amide bonds. The minimum Gasteiger partial charge on any atom is -0.465 e. The number of esters is 1. The molecule has 4 heteroatoms. The van der Waals surface area contributed by atoms with E-state index in [9.17, 15) is 9.59 Å². The maximum atomic E-state index is 13.6. The smallest absolute Gasteiger partial charge is 0.314 e. The zero-order valence-electron chi connectivity index (χ0n) is 16.3. The van der Waals surface area contributed by atoms with E-state index in [2.05, 4.69) is 0 Å². The van der Waals surface area contributed by atoms with Crippen molar-refractivity contribution < 1.29 is 14.3 Å². The lowest BCUT2D eigenvalue weighted by Crippen LogP contribution is -2.33. The third kappa shape index (κ3) is 3.66. The number of nitrogens with zero attached hydrogens (tertiary/aromatic N) is 1. The van der Waals surface area contributed by atoms with E-state index in [4.69, 9.17) is 4.74 Å². The summed E-state index contributed by atoms with van der Waals surface area (Å²) in [6.45, 7) is 2.53. The summed E-state index contributed by atoms with van der Waals surface area (Å²) in [7, 11) is 0. The SMILES string of the molecule is CCOC(=O)C(c1ccccc1)C1C(=O)N(Cc2ccccc2)c2ccccc21. The molecule has 0 saturated carbocycles. The third-order valence-electron chi connectivity index (χ3n) is 5.31. The fraction of sp³-hybridized carbons (Fsp3) is 0.200. The fourth-order valence-electron chi connectivity index (χ4n) is 4.02. The standard InChI is InChI=1S/C25H23NO3/c1-2-29-25(28)22(19-13-7-4-8-14-19)23-20-15-9-10-16-21(20)26(24(23)27)17-18-11-5-3-6-12-18/h3-16,22-23H,2,17H2,1H3. The highest BCUT2D eigenvalue weighted by atomic mass is 16.5. The predicted molar refractivity (Wildman–Crippen MR) is 113 cm³/mol. The Morgan fingerprint density at radius 2 is 1.55 bits per heavy atom. The van der Waals surface area contributed by atoms with E-state index in [1.54, 1.807) is 11.8 Å². The summed E-state index contributed by atoms with van der Waals surface area (Å²) in [6, 6.07) is 27.1. The molecule has 0 bridgehead atoms. The van der Waals surface area contributed by atoms with Gasteiger partial charge in [-0.1, -0.05) is 78.9 Å². The zero-order chi connectivity index (χ0) is 20.2. The number of para-hydroxylation sites is 1. The van der Waals surface area contributed by atoms with Crippen molar-refractivity contribution in [1.82, 2.24) is 0 Å². The molecule has 4 rings (SSSR count). The van der Waals surface area contributed by atoms with Crippen LogP contribution in [0.5, 0.6) is 0 Å². The van der Waals surface area contributed by atoms with E-state index >= 15 is 0 Å². The molecule has 4 nitrogen and oxygen atoms in total. The molecular weight excluding hydrogens is 362 g/mol. The van der Waals surface area contributed by atoms with Gasteiger partial charge in [-0.2, -0.15) is 0 Å². The molecule has 2 unspecified atom stereocenters. The first-order valence-electron chi connectivity index (χ1n) is 9.86. The maximum Gasteiger partial charge on any atom is 0.314 e. The normalized spacial score (nSPS) is 16.4. The number of benzene rings is 3. The van der Waals surface area contributed by atoms with Crippen LogP contribution < -0.4 is 4.90 Å². The van der Waals surface area contributed by atoms with Crippen LogP contribution in [0.3, 0.4) is 0 Å². The van der Waals surface area contributed by atoms with Crippen molar-refractivity contribution >= 4 is 17.6 Å². The Morgan fingerprint density at radius 1 is 0.931 bits per heavy atom. The quantitative estimate of drug-likeness (QED) is 0.580. The van der Waals surface area contributed by atoms with Crippen molar-refractivity contribution in [2.45, 2.75) is 25.3 Å². The molecule has 0 aromatic heterocycles. The van der Waals surface area contributed by atoms with Gasteiger partial charge in [-0.25, -0.2) is 0 Å². The van der Waals surface area contributed by atoms with Crippen molar-refractivity contribution in [2.24, 2.45) is 0 Å². The summed E-state index contributed by atoms with van der Waals surface area (Å²) < 4.78 is 5.38. The average Bonchev–Trinajstić information content (AvgIpc) is 3.02. The van der Waals surface area contributed by atoms with Gasteiger partial charge in [0.25, 0.3) is 0 Å². The van der Waals surface area contributed by atoms with Gasteiger partial charge in [0.15, 0.2) is 0 Å². The van der Waals surface area contributed by atoms with E-state index in [-0.39, 0.29) is 18.5 Å². The van der Waals surface area contributed by atoms with Gasteiger partial charge in [0.05, 0.1) is 25.0 Å². The van der Waals surface area contributed by atoms with Gasteiger partial charge in [0.2, 0.25) is 5.91 Å². The Labute approximate surface area is 170 Å². The van der Waals surface area contributed by atoms with Gasteiger partial charge < -0.3 is 9.64 Å². The summed E-state index contributed by atoms with van der Waals surface area (Å²) in [4.78, 5) is 28.3. The van der Waals surface area contributed by atoms with Crippen molar-refractivity contribution in [1.29, 1.82) is 0 Å². The fourth-order valence-corrected chi connectivity index (χ4v) is 4.02. The second-order valence-electron chi connectivity index (χ2n) is 7.09. The predicted octanol–water partition coefficient (Wildman–Crippen LogP) is 4.66. The van der Waals surface area contributed by atoms with Gasteiger partial charge in [0.1, 0.15) is 0 Å². The third-order valence-corrected chi connectivity index (χ3v) is 5.31. The van der Waals surface area contributed by atoms with E-state index < -0.39 is 11.8 Å². The van der Waals surface area contributed by atoms with Crippen molar-refractivity contribution in [2.75, 3.05) is 11.5 Å². The van der Waals surface area contributed by atoms with Gasteiger partial charge in [0, 0.05) is 5.69 Å². The number of rotatable bonds is 6. The monoisotopic (exact) mass is 385 g/mol. The highest BCUT2D eigenvalue weighted by Gasteiger charge is 2.45. The molecule has 146 valence electrons. The maximum absolute atomic E-state index is 13.6. The molecule has 0 aliphatic carbocycles. The summed E-state index contributed by atoms with van der Waals surface area (Å²) in [5.41, 5.74) is 3.57. The lowest BCUT2D eigenvalue weighted by molar-refractivity contribution is -0.147. The van der Waals surface area contributed by atoms with Gasteiger partial charge in [-0.3, -0.25) is 9.59 Å². The van der Waals surface area contributed by atoms with Crippen LogP contribution in [0.15, 0.2) is 84.9 Å². The van der Waals surface area contributed by atoms with E-state index in [0.717, 1.165) is 22.4 Å². The largest absolute Gasteiger partial charge is 0.465 e. The van der Waals surface area contributed by atoms with Crippen LogP contribution in [0.25, 0.3) is 0 Å². The van der Waals surface area contributed by atoms with Crippen LogP contribution >= 0.6 is 0 Å². The van der Waals surface area contributed by atoms with Crippen molar-refractivity contribution in [3.63, 3.8) is 0 Å². The molecule has 0 N–H and O–H groups in total. The number of hydrogen-bond donors (Lipinski definition) is 0. The molecule has 0 saturated heterocycles. The molecule has 3 aromatic carbocycles. The second-order valence-corrected chi connectivity index (χ2v) is 7.09. The number of carbonyl (C=O) groups is 2. The average molecular weight is 385 g/mol. The molecule has 3 aromatic rings. The van der Waals surface area contributed by atoms with Crippen LogP contribution in [0.2, 0.25) is 0 Å². The minimum atomic E-state index is -0.675. The molecule has 0 fully saturated rings. The lowest BCUT2D eigenvalue weighted by atomic mass is 9.82. The summed E-state index contributed by atoms with van der Waals surface area (Å²) >= 11 is 0. The van der Waals surface area contributed by atoms with Crippen LogP contribution in [-0.2, 0) is 20.9 Å². The Morgan fingerprint density at radius 3 is 2.24 bits per heavy atom. The summed E-state index contributed by atoms with van der Waals surface area (Å²) in [5.74, 6) is -1.72. The topological polar surface area (TPSA) is 46.6 Å². The van der Waals surface area contributed by atoms with Crippen molar-refractivity contribution in [3.8, 4) is 0 Å². The van der Waals surface area contributed by atoms with E-state index in [1.807, 2.05) is 84.9 Å². The first-order valence-corrected chi connectivity index (χ1v) is 9.86. The van der Waals surface area contributed by atoms with Crippen LogP contribution in [-0.4, -0.2) is 18.5 Å². The Hall–Kier alpha value is -3.40. The molecule has 1 heterocycles. The van der Waals surface area contributed by atoms with Crippen LogP contribution in [0.1, 0.15) is 35.4 Å². The van der Waals surface area contributed by atoms with Gasteiger partial charge >= 0.3 is 5.97 Å². The molecule has 0 spiro atoms. The Bertz CT molecular complexity index is 1000. The Balaban J connectivity index is 1.77. The first-order chi connectivity index (χ1) is 14.2. The van der Waals surface area contributed by atoms with Gasteiger partial charge in [-0.15, -0.1) is 0 Å². The number of amides is 1. The minimum absolute atomic E-state index is 0.0723. The summed E-state index contributed by atoms with van der Waals surface area (Å²) in [6.07, 6.45) is 0. The summed E-state index contributed by atoms with van der Waals surface area (Å²) in [5, 5.41) is 0. The van der Waals surface area contributed by atoms with Crippen LogP contribution in [0.4, 0.5) is 5.69 Å². The second kappa shape index (κ2) is 8.31. The first kappa shape index (κ1) is 18.9. The zero-order valence-corrected chi connectivity index (χ0v) is 16.3. The van der Waals surface area contributed by atoms with Crippen molar-refractivity contribution in [3.05, 3.63) is 102 Å². The number of fused-ring (bicyclic) bond motifs is 1. The number of hydrogen-bond acceptors (Lipinski definition) is 3. The highest BCUT2D eigenvalue weighted by Crippen LogP contribution is 2.46. The molecule has 0 radical (unpaired) electrons. The number of ether oxygens (including phenoxy) is 1. The van der Waals surface area contributed by atoms with E-state index in [1.165, 1.54) is 0 Å². The highest BCUT2D eigenvalue weighted by molar-refractivity contribution is 6.08. The Kier molecular flexibility index (Phi) is 5.43. The molecular formula is C25H23NO3. The molecule has 1 aliphatic rings. The van der Waals surface area contributed by atoms with Crippen LogP contribution in [0, 0.1) is 0 Å². The molecule has 1 aliphatic heterocycles. The molecule has 2 atom stereocenters. The van der Waals surface area contributed by atoms with E-state index in [0.29, 0.717) is 6.54 Å². The lowest BCUT2D eigenvalue weighted by Gasteiger charge is -2.23. The number of anilines is 1.